The van der Waals surface area contributed by atoms with Crippen molar-refractivity contribution in [1.29, 1.82) is 0 Å². The lowest BCUT2D eigenvalue weighted by atomic mass is 10.1. The van der Waals surface area contributed by atoms with E-state index in [4.69, 9.17) is 0 Å². The molecular weight excluding hydrogens is 291 g/mol. The largest absolute Gasteiger partial charge is 0.274 e. The van der Waals surface area contributed by atoms with Crippen LogP contribution in [0.15, 0.2) is 29.4 Å². The fraction of sp³-hybridized carbons (Fsp3) is 0.200. The highest BCUT2D eigenvalue weighted by Gasteiger charge is 1.97. The lowest BCUT2D eigenvalue weighted by Crippen LogP contribution is -2.15. The lowest BCUT2D eigenvalue weighted by Gasteiger charge is -2.01. The molecule has 74 valence electrons. The van der Waals surface area contributed by atoms with E-state index in [1.165, 1.54) is 6.92 Å². The van der Waals surface area contributed by atoms with Gasteiger partial charge in [-0.25, -0.2) is 5.43 Å². The van der Waals surface area contributed by atoms with E-state index >= 15 is 0 Å². The van der Waals surface area contributed by atoms with Crippen LogP contribution in [0.5, 0.6) is 0 Å². The molecule has 0 heterocycles. The highest BCUT2D eigenvalue weighted by molar-refractivity contribution is 14.1. The lowest BCUT2D eigenvalue weighted by molar-refractivity contribution is -0.118. The summed E-state index contributed by atoms with van der Waals surface area (Å²) in [4.78, 5) is 10.6. The van der Waals surface area contributed by atoms with E-state index in [-0.39, 0.29) is 5.91 Å². The first-order chi connectivity index (χ1) is 6.59. The van der Waals surface area contributed by atoms with E-state index in [9.17, 15) is 4.79 Å². The number of carbonyl (C=O) groups is 1. The number of halogens is 1. The van der Waals surface area contributed by atoms with Crippen LogP contribution in [0, 0.1) is 3.57 Å². The first-order valence-electron chi connectivity index (χ1n) is 4.16. The molecule has 0 unspecified atom stereocenters. The van der Waals surface area contributed by atoms with E-state index < -0.39 is 0 Å². The number of rotatable bonds is 2. The van der Waals surface area contributed by atoms with E-state index in [1.807, 2.05) is 31.2 Å². The maximum Gasteiger partial charge on any atom is 0.236 e. The first kappa shape index (κ1) is 11.2. The van der Waals surface area contributed by atoms with Gasteiger partial charge in [-0.3, -0.25) is 4.79 Å². The number of carbonyl (C=O) groups excluding carboxylic acids is 1. The Kier molecular flexibility index (Phi) is 4.06. The normalized spacial score (nSPS) is 11.2. The third-order valence-corrected chi connectivity index (χ3v) is 2.29. The minimum atomic E-state index is -0.157. The van der Waals surface area contributed by atoms with Crippen LogP contribution in [-0.4, -0.2) is 11.6 Å². The molecule has 0 atom stereocenters. The van der Waals surface area contributed by atoms with Crippen molar-refractivity contribution in [1.82, 2.24) is 5.43 Å². The van der Waals surface area contributed by atoms with Gasteiger partial charge in [0.05, 0.1) is 5.71 Å². The van der Waals surface area contributed by atoms with Gasteiger partial charge in [-0.05, 0) is 47.2 Å². The molecule has 0 bridgehead atoms. The number of nitrogens with one attached hydrogen (secondary N) is 1. The summed E-state index contributed by atoms with van der Waals surface area (Å²) in [6, 6.07) is 7.95. The smallest absolute Gasteiger partial charge is 0.236 e. The SMILES string of the molecule is CC(=O)N/N=C(/C)c1cccc(I)c1. The van der Waals surface area contributed by atoms with Gasteiger partial charge >= 0.3 is 0 Å². The first-order valence-corrected chi connectivity index (χ1v) is 5.24. The molecule has 0 saturated heterocycles. The van der Waals surface area contributed by atoms with Gasteiger partial charge in [0.15, 0.2) is 0 Å². The van der Waals surface area contributed by atoms with Crippen LogP contribution in [-0.2, 0) is 4.79 Å². The number of hydrazone groups is 1. The Hall–Kier alpha value is -0.910. The Morgan fingerprint density at radius 1 is 1.43 bits per heavy atom. The molecule has 0 aliphatic carbocycles. The average molecular weight is 302 g/mol. The van der Waals surface area contributed by atoms with Crippen molar-refractivity contribution in [3.63, 3.8) is 0 Å². The zero-order valence-corrected chi connectivity index (χ0v) is 10.2. The summed E-state index contributed by atoms with van der Waals surface area (Å²) in [7, 11) is 0. The van der Waals surface area contributed by atoms with Crippen LogP contribution in [0.4, 0.5) is 0 Å². The van der Waals surface area contributed by atoms with Crippen LogP contribution in [0.3, 0.4) is 0 Å². The number of amides is 1. The average Bonchev–Trinajstić information content (AvgIpc) is 2.14. The molecule has 0 radical (unpaired) electrons. The summed E-state index contributed by atoms with van der Waals surface area (Å²) in [5, 5.41) is 3.95. The molecule has 14 heavy (non-hydrogen) atoms. The second kappa shape index (κ2) is 5.09. The van der Waals surface area contributed by atoms with Gasteiger partial charge in [-0.2, -0.15) is 5.10 Å². The van der Waals surface area contributed by atoms with Crippen LogP contribution in [0.25, 0.3) is 0 Å². The molecular formula is C10H11IN2O. The van der Waals surface area contributed by atoms with Crippen molar-refractivity contribution in [2.24, 2.45) is 5.10 Å². The van der Waals surface area contributed by atoms with E-state index in [2.05, 4.69) is 33.1 Å². The highest BCUT2D eigenvalue weighted by atomic mass is 127. The molecule has 1 aromatic carbocycles. The molecule has 1 rings (SSSR count). The second-order valence-corrected chi connectivity index (χ2v) is 4.12. The van der Waals surface area contributed by atoms with Gasteiger partial charge in [0.25, 0.3) is 0 Å². The predicted octanol–water partition coefficient (Wildman–Crippen LogP) is 2.15. The number of hydrogen-bond acceptors (Lipinski definition) is 2. The molecule has 0 aliphatic rings. The summed E-state index contributed by atoms with van der Waals surface area (Å²) in [6.07, 6.45) is 0. The Morgan fingerprint density at radius 3 is 2.71 bits per heavy atom. The minimum absolute atomic E-state index is 0.157. The van der Waals surface area contributed by atoms with Crippen molar-refractivity contribution < 1.29 is 4.79 Å². The van der Waals surface area contributed by atoms with Crippen molar-refractivity contribution in [2.45, 2.75) is 13.8 Å². The van der Waals surface area contributed by atoms with Gasteiger partial charge in [-0.1, -0.05) is 12.1 Å². The molecule has 4 heteroatoms. The van der Waals surface area contributed by atoms with E-state index in [0.29, 0.717) is 0 Å². The third-order valence-electron chi connectivity index (χ3n) is 1.62. The zero-order valence-electron chi connectivity index (χ0n) is 8.04. The Balaban J connectivity index is 2.83. The van der Waals surface area contributed by atoms with E-state index in [0.717, 1.165) is 14.8 Å². The molecule has 1 aromatic rings. The molecule has 0 fully saturated rings. The van der Waals surface area contributed by atoms with Crippen molar-refractivity contribution >= 4 is 34.2 Å². The van der Waals surface area contributed by atoms with Crippen LogP contribution in [0.1, 0.15) is 19.4 Å². The fourth-order valence-electron chi connectivity index (χ4n) is 0.941. The number of hydrogen-bond donors (Lipinski definition) is 1. The van der Waals surface area contributed by atoms with Crippen molar-refractivity contribution in [2.75, 3.05) is 0 Å². The zero-order chi connectivity index (χ0) is 10.6. The van der Waals surface area contributed by atoms with Gasteiger partial charge < -0.3 is 0 Å². The van der Waals surface area contributed by atoms with Gasteiger partial charge in [-0.15, -0.1) is 0 Å². The molecule has 3 nitrogen and oxygen atoms in total. The summed E-state index contributed by atoms with van der Waals surface area (Å²) >= 11 is 2.24. The predicted molar refractivity (Wildman–Crippen MR) is 65.2 cm³/mol. The molecule has 0 saturated carbocycles. The van der Waals surface area contributed by atoms with Crippen LogP contribution in [0.2, 0.25) is 0 Å². The summed E-state index contributed by atoms with van der Waals surface area (Å²) in [5.41, 5.74) is 4.23. The Morgan fingerprint density at radius 2 is 2.14 bits per heavy atom. The Labute approximate surface area is 96.7 Å². The van der Waals surface area contributed by atoms with Gasteiger partial charge in [0.1, 0.15) is 0 Å². The molecule has 1 N–H and O–H groups in total. The van der Waals surface area contributed by atoms with Gasteiger partial charge in [0.2, 0.25) is 5.91 Å². The van der Waals surface area contributed by atoms with E-state index in [1.54, 1.807) is 0 Å². The standard InChI is InChI=1S/C10H11IN2O/c1-7(12-13-8(2)14)9-4-3-5-10(11)6-9/h3-6H,1-2H3,(H,13,14)/b12-7-. The van der Waals surface area contributed by atoms with Crippen molar-refractivity contribution in [3.05, 3.63) is 33.4 Å². The molecule has 0 aromatic heterocycles. The minimum Gasteiger partial charge on any atom is -0.274 e. The maximum atomic E-state index is 10.6. The maximum absolute atomic E-state index is 10.6. The summed E-state index contributed by atoms with van der Waals surface area (Å²) in [6.45, 7) is 3.30. The van der Waals surface area contributed by atoms with Crippen LogP contribution >= 0.6 is 22.6 Å². The van der Waals surface area contributed by atoms with Crippen LogP contribution < -0.4 is 5.43 Å². The molecule has 0 spiro atoms. The highest BCUT2D eigenvalue weighted by Crippen LogP contribution is 2.08. The Bertz CT molecular complexity index is 374. The quantitative estimate of drug-likeness (QED) is 0.508. The third kappa shape index (κ3) is 3.45. The van der Waals surface area contributed by atoms with Gasteiger partial charge in [0, 0.05) is 10.5 Å². The second-order valence-electron chi connectivity index (χ2n) is 2.88. The topological polar surface area (TPSA) is 41.5 Å². The fourth-order valence-corrected chi connectivity index (χ4v) is 1.48. The summed E-state index contributed by atoms with van der Waals surface area (Å²) in [5.74, 6) is -0.157. The summed E-state index contributed by atoms with van der Waals surface area (Å²) < 4.78 is 1.15. The number of benzene rings is 1. The number of nitrogens with zero attached hydrogens (tertiary/aromatic N) is 1. The molecule has 0 aliphatic heterocycles. The monoisotopic (exact) mass is 302 g/mol. The van der Waals surface area contributed by atoms with Crippen molar-refractivity contribution in [3.8, 4) is 0 Å². The molecule has 1 amide bonds.